The molecule has 1 aromatic carbocycles. The Kier molecular flexibility index (Phi) is 6.50. The van der Waals surface area contributed by atoms with Crippen LogP contribution < -0.4 is 15.2 Å². The fourth-order valence-electron chi connectivity index (χ4n) is 4.11. The molecule has 10 heteroatoms. The first-order valence-electron chi connectivity index (χ1n) is 11.3. The molecule has 2 heterocycles. The van der Waals surface area contributed by atoms with E-state index in [2.05, 4.69) is 18.9 Å². The van der Waals surface area contributed by atoms with E-state index in [0.29, 0.717) is 55.1 Å². The minimum Gasteiger partial charge on any atom is -0.486 e. The first kappa shape index (κ1) is 24.0. The van der Waals surface area contributed by atoms with Crippen molar-refractivity contribution in [2.24, 2.45) is 11.3 Å². The standard InChI is InChI=1S/C23H31ClN4O4S/c1-16(2)33(30,31)27-10-8-26(9-11-27)20-14-25-28(19-7-5-6-18(24)12-19)22(29)21(20)32-15-17-13-23(17,3)4/h5-7,12,14,16-17H,8-11,13,15H2,1-4H3. The number of anilines is 1. The smallest absolute Gasteiger partial charge is 0.316 e. The van der Waals surface area contributed by atoms with Crippen LogP contribution >= 0.6 is 11.6 Å². The molecule has 1 aromatic heterocycles. The third kappa shape index (κ3) is 4.90. The molecule has 2 aromatic rings. The maximum absolute atomic E-state index is 13.5. The van der Waals surface area contributed by atoms with Crippen LogP contribution in [0.4, 0.5) is 5.69 Å². The average molecular weight is 495 g/mol. The molecule has 1 aliphatic carbocycles. The SMILES string of the molecule is CC(C)S(=O)(=O)N1CCN(c2cnn(-c3cccc(Cl)c3)c(=O)c2OCC2CC2(C)C)CC1. The highest BCUT2D eigenvalue weighted by atomic mass is 35.5. The first-order valence-corrected chi connectivity index (χ1v) is 13.1. The quantitative estimate of drug-likeness (QED) is 0.587. The van der Waals surface area contributed by atoms with Crippen molar-refractivity contribution in [1.82, 2.24) is 14.1 Å². The molecule has 0 bridgehead atoms. The maximum Gasteiger partial charge on any atom is 0.316 e. The summed E-state index contributed by atoms with van der Waals surface area (Å²) >= 11 is 6.12. The first-order chi connectivity index (χ1) is 15.5. The molecular weight excluding hydrogens is 464 g/mol. The molecule has 1 aliphatic heterocycles. The Morgan fingerprint density at radius 3 is 2.45 bits per heavy atom. The Hall–Kier alpha value is -2.10. The van der Waals surface area contributed by atoms with Crippen LogP contribution in [-0.2, 0) is 10.0 Å². The molecule has 1 unspecified atom stereocenters. The van der Waals surface area contributed by atoms with E-state index in [1.54, 1.807) is 44.3 Å². The van der Waals surface area contributed by atoms with E-state index in [1.807, 2.05) is 4.90 Å². The van der Waals surface area contributed by atoms with Gasteiger partial charge in [-0.05, 0) is 49.8 Å². The van der Waals surface area contributed by atoms with Crippen LogP contribution in [0.15, 0.2) is 35.3 Å². The summed E-state index contributed by atoms with van der Waals surface area (Å²) in [5.41, 5.74) is 1.02. The van der Waals surface area contributed by atoms with Gasteiger partial charge in [-0.25, -0.2) is 8.42 Å². The van der Waals surface area contributed by atoms with E-state index < -0.39 is 15.3 Å². The molecule has 1 saturated carbocycles. The molecule has 2 fully saturated rings. The van der Waals surface area contributed by atoms with E-state index in [-0.39, 0.29) is 16.7 Å². The highest BCUT2D eigenvalue weighted by molar-refractivity contribution is 7.89. The van der Waals surface area contributed by atoms with Gasteiger partial charge in [0.15, 0.2) is 0 Å². The lowest BCUT2D eigenvalue weighted by Gasteiger charge is -2.36. The lowest BCUT2D eigenvalue weighted by atomic mass is 10.1. The predicted molar refractivity (Wildman–Crippen MR) is 130 cm³/mol. The number of benzene rings is 1. The van der Waals surface area contributed by atoms with Crippen molar-refractivity contribution in [1.29, 1.82) is 0 Å². The van der Waals surface area contributed by atoms with Gasteiger partial charge in [-0.2, -0.15) is 14.1 Å². The predicted octanol–water partition coefficient (Wildman–Crippen LogP) is 3.17. The number of halogens is 1. The van der Waals surface area contributed by atoms with Gasteiger partial charge in [-0.15, -0.1) is 0 Å². The fraction of sp³-hybridized carbons (Fsp3) is 0.565. The largest absolute Gasteiger partial charge is 0.486 e. The van der Waals surface area contributed by atoms with Gasteiger partial charge in [0.05, 0.1) is 23.7 Å². The number of sulfonamides is 1. The Morgan fingerprint density at radius 1 is 1.21 bits per heavy atom. The molecule has 0 spiro atoms. The second-order valence-corrected chi connectivity index (χ2v) is 12.7. The van der Waals surface area contributed by atoms with Crippen molar-refractivity contribution in [3.05, 3.63) is 45.8 Å². The molecule has 2 aliphatic rings. The zero-order valence-electron chi connectivity index (χ0n) is 19.5. The third-order valence-corrected chi connectivity index (χ3v) is 9.16. The molecule has 33 heavy (non-hydrogen) atoms. The van der Waals surface area contributed by atoms with Crippen LogP contribution in [0, 0.1) is 11.3 Å². The Labute approximate surface area is 200 Å². The molecule has 4 rings (SSSR count). The van der Waals surface area contributed by atoms with E-state index in [1.165, 1.54) is 8.99 Å². The van der Waals surface area contributed by atoms with Crippen molar-refractivity contribution >= 4 is 27.3 Å². The maximum atomic E-state index is 13.5. The summed E-state index contributed by atoms with van der Waals surface area (Å²) in [5.74, 6) is 0.637. The molecule has 1 saturated heterocycles. The molecule has 0 N–H and O–H groups in total. The van der Waals surface area contributed by atoms with Crippen molar-refractivity contribution < 1.29 is 13.2 Å². The lowest BCUT2D eigenvalue weighted by Crippen LogP contribution is -2.50. The van der Waals surface area contributed by atoms with Crippen LogP contribution in [0.25, 0.3) is 5.69 Å². The number of hydrogen-bond donors (Lipinski definition) is 0. The second-order valence-electron chi connectivity index (χ2n) is 9.74. The van der Waals surface area contributed by atoms with Gasteiger partial charge in [0, 0.05) is 31.2 Å². The topological polar surface area (TPSA) is 84.7 Å². The van der Waals surface area contributed by atoms with Crippen LogP contribution in [0.5, 0.6) is 5.75 Å². The molecule has 1 atom stereocenters. The highest BCUT2D eigenvalue weighted by Gasteiger charge is 2.46. The second kappa shape index (κ2) is 8.92. The molecule has 180 valence electrons. The minimum atomic E-state index is -3.32. The zero-order chi connectivity index (χ0) is 24.0. The zero-order valence-corrected chi connectivity index (χ0v) is 21.1. The highest BCUT2D eigenvalue weighted by Crippen LogP contribution is 2.51. The molecule has 8 nitrogen and oxygen atoms in total. The number of ether oxygens (including phenoxy) is 1. The van der Waals surface area contributed by atoms with E-state index in [9.17, 15) is 13.2 Å². The summed E-state index contributed by atoms with van der Waals surface area (Å²) in [6.45, 7) is 9.83. The van der Waals surface area contributed by atoms with Crippen molar-refractivity contribution in [3.63, 3.8) is 0 Å². The monoisotopic (exact) mass is 494 g/mol. The van der Waals surface area contributed by atoms with Crippen molar-refractivity contribution in [2.45, 2.75) is 39.4 Å². The molecular formula is C23H31ClN4O4S. The number of rotatable bonds is 7. The van der Waals surface area contributed by atoms with Gasteiger partial charge in [-0.3, -0.25) is 4.79 Å². The average Bonchev–Trinajstić information content (AvgIpc) is 3.38. The summed E-state index contributed by atoms with van der Waals surface area (Å²) in [6.07, 6.45) is 2.68. The third-order valence-electron chi connectivity index (χ3n) is 6.65. The molecule has 0 radical (unpaired) electrons. The van der Waals surface area contributed by atoms with Crippen molar-refractivity contribution in [2.75, 3.05) is 37.7 Å². The van der Waals surface area contributed by atoms with Crippen LogP contribution in [0.1, 0.15) is 34.1 Å². The lowest BCUT2D eigenvalue weighted by molar-refractivity contribution is 0.273. The number of hydrogen-bond acceptors (Lipinski definition) is 6. The fourth-order valence-corrected chi connectivity index (χ4v) is 5.56. The van der Waals surface area contributed by atoms with E-state index in [4.69, 9.17) is 16.3 Å². The Bertz CT molecular complexity index is 1190. The van der Waals surface area contributed by atoms with E-state index in [0.717, 1.165) is 6.42 Å². The van der Waals surface area contributed by atoms with Crippen LogP contribution in [-0.4, -0.2) is 60.5 Å². The summed E-state index contributed by atoms with van der Waals surface area (Å²) < 4.78 is 34.0. The summed E-state index contributed by atoms with van der Waals surface area (Å²) in [4.78, 5) is 15.4. The normalized spacial score (nSPS) is 20.8. The Balaban J connectivity index is 1.63. The van der Waals surface area contributed by atoms with Gasteiger partial charge < -0.3 is 9.64 Å². The van der Waals surface area contributed by atoms with Crippen molar-refractivity contribution in [3.8, 4) is 11.4 Å². The number of piperazine rings is 1. The van der Waals surface area contributed by atoms with Gasteiger partial charge >= 0.3 is 5.56 Å². The minimum absolute atomic E-state index is 0.218. The van der Waals surface area contributed by atoms with Gasteiger partial charge in [-0.1, -0.05) is 31.5 Å². The van der Waals surface area contributed by atoms with Gasteiger partial charge in [0.1, 0.15) is 5.69 Å². The number of aromatic nitrogens is 2. The number of nitrogens with zero attached hydrogens (tertiary/aromatic N) is 4. The Morgan fingerprint density at radius 2 is 1.88 bits per heavy atom. The summed E-state index contributed by atoms with van der Waals surface area (Å²) in [7, 11) is -3.32. The van der Waals surface area contributed by atoms with E-state index >= 15 is 0 Å². The van der Waals surface area contributed by atoms with Gasteiger partial charge in [0.2, 0.25) is 15.8 Å². The summed E-state index contributed by atoms with van der Waals surface area (Å²) in [6, 6.07) is 6.95. The van der Waals surface area contributed by atoms with Crippen LogP contribution in [0.2, 0.25) is 5.02 Å². The molecule has 0 amide bonds. The van der Waals surface area contributed by atoms with Crippen LogP contribution in [0.3, 0.4) is 0 Å². The van der Waals surface area contributed by atoms with Gasteiger partial charge in [0.25, 0.3) is 0 Å². The summed E-state index contributed by atoms with van der Waals surface area (Å²) in [5, 5.41) is 4.43.